The van der Waals surface area contributed by atoms with E-state index in [1.54, 1.807) is 6.08 Å². The average Bonchev–Trinajstić information content (AvgIpc) is 2.93. The highest BCUT2D eigenvalue weighted by Gasteiger charge is 2.73. The molecule has 0 aromatic rings. The van der Waals surface area contributed by atoms with Crippen molar-refractivity contribution in [2.45, 2.75) is 31.2 Å². The third-order valence-electron chi connectivity index (χ3n) is 4.22. The third-order valence-corrected chi connectivity index (χ3v) is 4.22. The van der Waals surface area contributed by atoms with Crippen molar-refractivity contribution in [3.63, 3.8) is 0 Å². The molecule has 5 atom stereocenters. The van der Waals surface area contributed by atoms with Crippen molar-refractivity contribution in [1.29, 1.82) is 0 Å². The topological polar surface area (TPSA) is 59.1 Å². The van der Waals surface area contributed by atoms with Gasteiger partial charge in [-0.3, -0.25) is 4.79 Å². The molecule has 0 aromatic heterocycles. The van der Waals surface area contributed by atoms with Crippen LogP contribution in [0.3, 0.4) is 0 Å². The molecule has 1 aliphatic carbocycles. The van der Waals surface area contributed by atoms with E-state index in [2.05, 4.69) is 6.58 Å². The van der Waals surface area contributed by atoms with Crippen molar-refractivity contribution in [3.8, 4) is 0 Å². The van der Waals surface area contributed by atoms with Gasteiger partial charge in [-0.25, -0.2) is 0 Å². The first-order valence-electron chi connectivity index (χ1n) is 5.21. The summed E-state index contributed by atoms with van der Waals surface area (Å²) >= 11 is 0. The van der Waals surface area contributed by atoms with Gasteiger partial charge in [0.25, 0.3) is 0 Å². The van der Waals surface area contributed by atoms with Gasteiger partial charge in [0, 0.05) is 11.8 Å². The summed E-state index contributed by atoms with van der Waals surface area (Å²) in [5.41, 5.74) is -1.08. The molecule has 2 aliphatic heterocycles. The summed E-state index contributed by atoms with van der Waals surface area (Å²) in [7, 11) is 0. The molecule has 3 aliphatic rings. The minimum atomic E-state index is -0.687. The quantitative estimate of drug-likeness (QED) is 0.383. The summed E-state index contributed by atoms with van der Waals surface area (Å²) in [6.07, 6.45) is 1.37. The second-order valence-corrected chi connectivity index (χ2v) is 4.92. The van der Waals surface area contributed by atoms with E-state index < -0.39 is 23.0 Å². The molecule has 0 radical (unpaired) electrons. The zero-order valence-electron chi connectivity index (χ0n) is 8.60. The van der Waals surface area contributed by atoms with E-state index in [4.69, 9.17) is 9.47 Å². The second-order valence-electron chi connectivity index (χ2n) is 4.92. The Hall–Kier alpha value is -0.870. The number of epoxide rings is 1. The van der Waals surface area contributed by atoms with Gasteiger partial charge in [-0.2, -0.15) is 0 Å². The second kappa shape index (κ2) is 2.44. The molecule has 3 fully saturated rings. The predicted octanol–water partition coefficient (Wildman–Crippen LogP) is 0.254. The van der Waals surface area contributed by atoms with Gasteiger partial charge in [-0.05, 0) is 0 Å². The summed E-state index contributed by atoms with van der Waals surface area (Å²) in [6, 6.07) is 0. The largest absolute Gasteiger partial charge is 0.461 e. The van der Waals surface area contributed by atoms with Crippen molar-refractivity contribution in [3.05, 3.63) is 12.7 Å². The van der Waals surface area contributed by atoms with Crippen LogP contribution in [-0.4, -0.2) is 35.5 Å². The lowest BCUT2D eigenvalue weighted by Gasteiger charge is -2.40. The molecule has 82 valence electrons. The normalized spacial score (nSPS) is 56.7. The van der Waals surface area contributed by atoms with E-state index in [0.717, 1.165) is 0 Å². The minimum Gasteiger partial charge on any atom is -0.461 e. The van der Waals surface area contributed by atoms with Crippen LogP contribution in [0.1, 0.15) is 13.3 Å². The van der Waals surface area contributed by atoms with E-state index in [-0.39, 0.29) is 12.1 Å². The van der Waals surface area contributed by atoms with Gasteiger partial charge in [0.15, 0.2) is 0 Å². The van der Waals surface area contributed by atoms with Crippen LogP contribution >= 0.6 is 0 Å². The van der Waals surface area contributed by atoms with E-state index in [0.29, 0.717) is 13.0 Å². The Morgan fingerprint density at radius 3 is 2.87 bits per heavy atom. The van der Waals surface area contributed by atoms with Crippen molar-refractivity contribution in [2.75, 3.05) is 6.61 Å². The number of esters is 1. The number of carbonyl (C=O) groups excluding carboxylic acids is 1. The number of hydrogen-bond donors (Lipinski definition) is 1. The Morgan fingerprint density at radius 2 is 2.33 bits per heavy atom. The third kappa shape index (κ3) is 0.874. The zero-order chi connectivity index (χ0) is 10.8. The van der Waals surface area contributed by atoms with E-state index in [1.807, 2.05) is 6.92 Å². The van der Waals surface area contributed by atoms with Crippen molar-refractivity contribution in [1.82, 2.24) is 0 Å². The fourth-order valence-electron chi connectivity index (χ4n) is 3.09. The van der Waals surface area contributed by atoms with Crippen LogP contribution < -0.4 is 0 Å². The van der Waals surface area contributed by atoms with Gasteiger partial charge >= 0.3 is 5.97 Å². The number of fused-ring (bicyclic) bond motifs is 3. The first-order chi connectivity index (χ1) is 7.04. The molecule has 4 nitrogen and oxygen atoms in total. The van der Waals surface area contributed by atoms with Gasteiger partial charge in [-0.1, -0.05) is 13.0 Å². The maximum atomic E-state index is 11.8. The highest BCUT2D eigenvalue weighted by Crippen LogP contribution is 2.59. The van der Waals surface area contributed by atoms with Gasteiger partial charge in [0.2, 0.25) is 0 Å². The van der Waals surface area contributed by atoms with Gasteiger partial charge in [-0.15, -0.1) is 6.58 Å². The molecule has 4 heteroatoms. The summed E-state index contributed by atoms with van der Waals surface area (Å²) in [5.74, 6) is -0.646. The summed E-state index contributed by atoms with van der Waals surface area (Å²) in [6.45, 7) is 6.18. The highest BCUT2D eigenvalue weighted by molar-refractivity contribution is 5.80. The predicted molar refractivity (Wildman–Crippen MR) is 51.0 cm³/mol. The molecular formula is C11H14O4. The number of rotatable bonds is 1. The van der Waals surface area contributed by atoms with E-state index >= 15 is 0 Å². The van der Waals surface area contributed by atoms with Crippen LogP contribution in [0.2, 0.25) is 0 Å². The maximum Gasteiger partial charge on any atom is 0.313 e. The highest BCUT2D eigenvalue weighted by atomic mass is 16.6. The summed E-state index contributed by atoms with van der Waals surface area (Å²) in [4.78, 5) is 11.8. The van der Waals surface area contributed by atoms with Crippen LogP contribution in [-0.2, 0) is 14.3 Å². The van der Waals surface area contributed by atoms with E-state index in [1.165, 1.54) is 0 Å². The Kier molecular flexibility index (Phi) is 1.52. The fraction of sp³-hybridized carbons (Fsp3) is 0.727. The Bertz CT molecular complexity index is 346. The van der Waals surface area contributed by atoms with Gasteiger partial charge in [0.05, 0.1) is 12.7 Å². The summed E-state index contributed by atoms with van der Waals surface area (Å²) in [5, 5.41) is 9.93. The van der Waals surface area contributed by atoms with Gasteiger partial charge < -0.3 is 14.6 Å². The molecule has 1 N–H and O–H groups in total. The molecule has 0 aromatic carbocycles. The molecule has 2 saturated heterocycles. The van der Waals surface area contributed by atoms with Crippen LogP contribution in [0.15, 0.2) is 12.7 Å². The zero-order valence-corrected chi connectivity index (χ0v) is 8.60. The van der Waals surface area contributed by atoms with Crippen molar-refractivity contribution < 1.29 is 19.4 Å². The minimum absolute atomic E-state index is 0.252. The number of hydrogen-bond acceptors (Lipinski definition) is 4. The lowest BCUT2D eigenvalue weighted by molar-refractivity contribution is -0.144. The molecule has 0 amide bonds. The SMILES string of the molecule is C=C[C@]1(C)[C@@H]2C[C@H](O)[C@@]3(CO3)[C@H]1C(=O)O2. The fourth-order valence-corrected chi connectivity index (χ4v) is 3.09. The van der Waals surface area contributed by atoms with Crippen LogP contribution in [0.25, 0.3) is 0 Å². The maximum absolute atomic E-state index is 11.8. The lowest BCUT2D eigenvalue weighted by atomic mass is 9.62. The first kappa shape index (κ1) is 9.36. The molecular weight excluding hydrogens is 196 g/mol. The summed E-state index contributed by atoms with van der Waals surface area (Å²) < 4.78 is 10.6. The van der Waals surface area contributed by atoms with Crippen LogP contribution in [0.5, 0.6) is 0 Å². The number of ether oxygens (including phenoxy) is 2. The lowest BCUT2D eigenvalue weighted by Crippen LogP contribution is -2.53. The van der Waals surface area contributed by atoms with Crippen molar-refractivity contribution in [2.24, 2.45) is 11.3 Å². The smallest absolute Gasteiger partial charge is 0.313 e. The molecule has 3 rings (SSSR count). The first-order valence-corrected chi connectivity index (χ1v) is 5.21. The standard InChI is InChI=1S/C11H14O4/c1-3-10(2)7-4-6(12)11(5-14-11)8(10)9(13)15-7/h3,6-8,12H,1,4-5H2,2H3/t6-,7-,8-,10+,11-/m0/s1. The average molecular weight is 210 g/mol. The number of aliphatic hydroxyl groups excluding tert-OH is 1. The number of aliphatic hydroxyl groups is 1. The molecule has 1 saturated carbocycles. The Morgan fingerprint density at radius 1 is 1.67 bits per heavy atom. The van der Waals surface area contributed by atoms with Crippen LogP contribution in [0, 0.1) is 11.3 Å². The Labute approximate surface area is 87.9 Å². The number of carbonyl (C=O) groups is 1. The van der Waals surface area contributed by atoms with Gasteiger partial charge in [0.1, 0.15) is 17.6 Å². The van der Waals surface area contributed by atoms with Crippen LogP contribution in [0.4, 0.5) is 0 Å². The molecule has 0 unspecified atom stereocenters. The van der Waals surface area contributed by atoms with Crippen molar-refractivity contribution >= 4 is 5.97 Å². The van der Waals surface area contributed by atoms with E-state index in [9.17, 15) is 9.90 Å². The molecule has 2 bridgehead atoms. The Balaban J connectivity index is 2.10. The molecule has 2 heterocycles. The molecule has 1 spiro atoms. The molecule has 15 heavy (non-hydrogen) atoms. The monoisotopic (exact) mass is 210 g/mol.